The molecule has 1 amide bonds. The maximum Gasteiger partial charge on any atom is 0.250 e. The molecule has 2 atom stereocenters. The van der Waals surface area contributed by atoms with Crippen molar-refractivity contribution in [2.45, 2.75) is 45.2 Å². The summed E-state index contributed by atoms with van der Waals surface area (Å²) in [5.74, 6) is 0.488. The van der Waals surface area contributed by atoms with Crippen molar-refractivity contribution >= 4 is 12.0 Å². The molecule has 3 aromatic rings. The summed E-state index contributed by atoms with van der Waals surface area (Å²) in [7, 11) is 1.64. The summed E-state index contributed by atoms with van der Waals surface area (Å²) >= 11 is 0. The molecule has 0 spiro atoms. The highest BCUT2D eigenvalue weighted by molar-refractivity contribution is 5.99. The van der Waals surface area contributed by atoms with E-state index in [-0.39, 0.29) is 23.8 Å². The van der Waals surface area contributed by atoms with Crippen LogP contribution >= 0.6 is 0 Å². The highest BCUT2D eigenvalue weighted by atomic mass is 19.1. The molecule has 1 fully saturated rings. The Morgan fingerprint density at radius 2 is 1.94 bits per heavy atom. The molecular formula is C28H28FN3O2. The SMILES string of the molecule is COc1cc(C=C2CC[C@H]3CC(C)=C[C@@H](c4ccc(F)cc4)N3C2=O)ccc1-n1cnc(C)c1. The van der Waals surface area contributed by atoms with Crippen LogP contribution in [0.3, 0.4) is 0 Å². The van der Waals surface area contributed by atoms with Crippen LogP contribution in [0.2, 0.25) is 0 Å². The van der Waals surface area contributed by atoms with Gasteiger partial charge in [-0.1, -0.05) is 29.8 Å². The molecule has 0 radical (unpaired) electrons. The summed E-state index contributed by atoms with van der Waals surface area (Å²) in [5.41, 5.74) is 5.73. The first-order valence-corrected chi connectivity index (χ1v) is 11.6. The van der Waals surface area contributed by atoms with Crippen LogP contribution in [0.15, 0.2) is 72.2 Å². The maximum atomic E-state index is 13.7. The van der Waals surface area contributed by atoms with Gasteiger partial charge in [-0.25, -0.2) is 9.37 Å². The van der Waals surface area contributed by atoms with Gasteiger partial charge in [-0.15, -0.1) is 0 Å². The van der Waals surface area contributed by atoms with Crippen molar-refractivity contribution < 1.29 is 13.9 Å². The smallest absolute Gasteiger partial charge is 0.250 e. The first-order valence-electron chi connectivity index (χ1n) is 11.6. The van der Waals surface area contributed by atoms with Crippen LogP contribution in [0.1, 0.15) is 49.0 Å². The lowest BCUT2D eigenvalue weighted by molar-refractivity contribution is -0.133. The number of ether oxygens (including phenoxy) is 1. The molecule has 5 rings (SSSR count). The zero-order valence-corrected chi connectivity index (χ0v) is 19.7. The Hall–Kier alpha value is -3.67. The number of amides is 1. The predicted octanol–water partition coefficient (Wildman–Crippen LogP) is 5.79. The standard InChI is InChI=1S/C28H28FN3O2/c1-18-12-24-10-7-22(28(33)32(24)26(13-18)21-5-8-23(29)9-6-21)14-20-4-11-25(27(15-20)34-3)31-16-19(2)30-17-31/h4-6,8-9,11,13-17,24,26H,7,10,12H2,1-3H3/t24-,26-/m0/s1. The van der Waals surface area contributed by atoms with Crippen LogP contribution in [-0.2, 0) is 4.79 Å². The summed E-state index contributed by atoms with van der Waals surface area (Å²) in [4.78, 5) is 20.0. The van der Waals surface area contributed by atoms with Crippen molar-refractivity contribution in [1.82, 2.24) is 14.5 Å². The zero-order chi connectivity index (χ0) is 23.8. The van der Waals surface area contributed by atoms with E-state index in [1.807, 2.05) is 46.9 Å². The van der Waals surface area contributed by atoms with Crippen LogP contribution < -0.4 is 4.74 Å². The second-order valence-corrected chi connectivity index (χ2v) is 9.14. The van der Waals surface area contributed by atoms with Gasteiger partial charge in [0, 0.05) is 17.8 Å². The molecule has 0 saturated carbocycles. The van der Waals surface area contributed by atoms with E-state index in [0.717, 1.165) is 47.3 Å². The van der Waals surface area contributed by atoms with Crippen LogP contribution in [0.25, 0.3) is 11.8 Å². The average molecular weight is 458 g/mol. The molecule has 0 unspecified atom stereocenters. The van der Waals surface area contributed by atoms with Gasteiger partial charge in [-0.3, -0.25) is 4.79 Å². The largest absolute Gasteiger partial charge is 0.495 e. The molecule has 2 aliphatic rings. The van der Waals surface area contributed by atoms with E-state index in [0.29, 0.717) is 5.75 Å². The molecule has 34 heavy (non-hydrogen) atoms. The van der Waals surface area contributed by atoms with E-state index in [1.54, 1.807) is 25.6 Å². The number of halogens is 1. The first-order chi connectivity index (χ1) is 16.4. The number of nitrogens with zero attached hydrogens (tertiary/aromatic N) is 3. The number of methoxy groups -OCH3 is 1. The number of carbonyl (C=O) groups is 1. The van der Waals surface area contributed by atoms with Crippen molar-refractivity contribution in [1.29, 1.82) is 0 Å². The van der Waals surface area contributed by atoms with E-state index < -0.39 is 0 Å². The Morgan fingerprint density at radius 1 is 1.15 bits per heavy atom. The Labute approximate surface area is 199 Å². The summed E-state index contributed by atoms with van der Waals surface area (Å²) in [6, 6.07) is 12.4. The van der Waals surface area contributed by atoms with Crippen molar-refractivity contribution in [3.63, 3.8) is 0 Å². The first kappa shape index (κ1) is 22.1. The average Bonchev–Trinajstić information content (AvgIpc) is 3.26. The summed E-state index contributed by atoms with van der Waals surface area (Å²) in [5, 5.41) is 0. The van der Waals surface area contributed by atoms with Crippen molar-refractivity contribution in [3.8, 4) is 11.4 Å². The van der Waals surface area contributed by atoms with Gasteiger partial charge < -0.3 is 14.2 Å². The number of hydrogen-bond acceptors (Lipinski definition) is 3. The minimum Gasteiger partial charge on any atom is -0.495 e. The number of piperidine rings is 1. The fraction of sp³-hybridized carbons (Fsp3) is 0.286. The Kier molecular flexibility index (Phi) is 5.82. The van der Waals surface area contributed by atoms with Crippen LogP contribution in [0, 0.1) is 12.7 Å². The highest BCUT2D eigenvalue weighted by Crippen LogP contribution is 2.40. The van der Waals surface area contributed by atoms with Crippen molar-refractivity contribution in [3.05, 3.63) is 94.8 Å². The Bertz CT molecular complexity index is 1290. The molecule has 0 N–H and O–H groups in total. The number of benzene rings is 2. The van der Waals surface area contributed by atoms with Gasteiger partial charge in [0.25, 0.3) is 5.91 Å². The summed E-state index contributed by atoms with van der Waals surface area (Å²) in [6.45, 7) is 4.06. The van der Waals surface area contributed by atoms with Crippen LogP contribution in [0.4, 0.5) is 4.39 Å². The number of imidazole rings is 1. The zero-order valence-electron chi connectivity index (χ0n) is 19.7. The molecule has 174 valence electrons. The Morgan fingerprint density at radius 3 is 2.65 bits per heavy atom. The van der Waals surface area contributed by atoms with E-state index in [9.17, 15) is 9.18 Å². The van der Waals surface area contributed by atoms with Crippen molar-refractivity contribution in [2.24, 2.45) is 0 Å². The highest BCUT2D eigenvalue weighted by Gasteiger charge is 2.38. The fourth-order valence-corrected chi connectivity index (χ4v) is 5.05. The second-order valence-electron chi connectivity index (χ2n) is 9.14. The lowest BCUT2D eigenvalue weighted by Crippen LogP contribution is -2.48. The number of aromatic nitrogens is 2. The molecule has 6 heteroatoms. The van der Waals surface area contributed by atoms with Gasteiger partial charge in [0.1, 0.15) is 11.6 Å². The molecule has 0 bridgehead atoms. The van der Waals surface area contributed by atoms with Gasteiger partial charge >= 0.3 is 0 Å². The third-order valence-corrected chi connectivity index (χ3v) is 6.70. The molecule has 5 nitrogen and oxygen atoms in total. The predicted molar refractivity (Wildman–Crippen MR) is 130 cm³/mol. The van der Waals surface area contributed by atoms with Gasteiger partial charge in [0.2, 0.25) is 0 Å². The second kappa shape index (κ2) is 8.93. The quantitative estimate of drug-likeness (QED) is 0.368. The third kappa shape index (κ3) is 4.16. The van der Waals surface area contributed by atoms with E-state index in [4.69, 9.17) is 4.74 Å². The normalized spacial score (nSPS) is 21.4. The molecule has 2 aromatic carbocycles. The minimum absolute atomic E-state index is 0.0441. The lowest BCUT2D eigenvalue weighted by Gasteiger charge is -2.44. The fourth-order valence-electron chi connectivity index (χ4n) is 5.05. The molecular weight excluding hydrogens is 429 g/mol. The van der Waals surface area contributed by atoms with Gasteiger partial charge in [-0.05, 0) is 74.6 Å². The molecule has 1 aromatic heterocycles. The van der Waals surface area contributed by atoms with E-state index in [2.05, 4.69) is 18.0 Å². The molecule has 3 heterocycles. The molecule has 1 saturated heterocycles. The third-order valence-electron chi connectivity index (χ3n) is 6.70. The van der Waals surface area contributed by atoms with Crippen molar-refractivity contribution in [2.75, 3.05) is 7.11 Å². The lowest BCUT2D eigenvalue weighted by atomic mass is 9.84. The van der Waals surface area contributed by atoms with Gasteiger partial charge in [-0.2, -0.15) is 0 Å². The topological polar surface area (TPSA) is 47.4 Å². The number of hydrogen-bond donors (Lipinski definition) is 0. The monoisotopic (exact) mass is 457 g/mol. The summed E-state index contributed by atoms with van der Waals surface area (Å²) < 4.78 is 21.1. The number of carbonyl (C=O) groups excluding carboxylic acids is 1. The maximum absolute atomic E-state index is 13.7. The number of aryl methyl sites for hydroxylation is 1. The van der Waals surface area contributed by atoms with Gasteiger partial charge in [0.05, 0.1) is 30.9 Å². The number of fused-ring (bicyclic) bond motifs is 1. The van der Waals surface area contributed by atoms with Crippen LogP contribution in [-0.4, -0.2) is 33.5 Å². The summed E-state index contributed by atoms with van der Waals surface area (Å²) in [6.07, 6.45) is 10.3. The molecule has 0 aliphatic carbocycles. The van der Waals surface area contributed by atoms with Crippen LogP contribution in [0.5, 0.6) is 5.75 Å². The minimum atomic E-state index is -0.273. The van der Waals surface area contributed by atoms with Gasteiger partial charge in [0.15, 0.2) is 0 Å². The van der Waals surface area contributed by atoms with E-state index in [1.165, 1.54) is 17.7 Å². The molecule has 2 aliphatic heterocycles. The number of rotatable bonds is 4. The van der Waals surface area contributed by atoms with E-state index >= 15 is 0 Å². The Balaban J connectivity index is 1.47.